The number of benzene rings is 1. The second-order valence-electron chi connectivity index (χ2n) is 6.96. The van der Waals surface area contributed by atoms with Gasteiger partial charge in [-0.3, -0.25) is 0 Å². The third kappa shape index (κ3) is 7.19. The molecule has 0 amide bonds. The summed E-state index contributed by atoms with van der Waals surface area (Å²) in [5.41, 5.74) is 1.03. The SMILES string of the molecule is CCCCCCOC(=O)c1cccc(CC(CC)CCCC)c1C(=O)O. The predicted molar refractivity (Wildman–Crippen MR) is 105 cm³/mol. The molecule has 0 aliphatic heterocycles. The van der Waals surface area contributed by atoms with E-state index in [2.05, 4.69) is 20.8 Å². The summed E-state index contributed by atoms with van der Waals surface area (Å²) in [5, 5.41) is 9.69. The minimum Gasteiger partial charge on any atom is -0.478 e. The number of carboxylic acids is 1. The van der Waals surface area contributed by atoms with Crippen molar-refractivity contribution in [2.45, 2.75) is 78.6 Å². The second-order valence-corrected chi connectivity index (χ2v) is 6.96. The van der Waals surface area contributed by atoms with Crippen LogP contribution in [-0.4, -0.2) is 23.7 Å². The molecule has 4 heteroatoms. The number of esters is 1. The van der Waals surface area contributed by atoms with Gasteiger partial charge >= 0.3 is 11.9 Å². The van der Waals surface area contributed by atoms with E-state index in [1.165, 1.54) is 0 Å². The highest BCUT2D eigenvalue weighted by atomic mass is 16.5. The molecule has 1 N–H and O–H groups in total. The van der Waals surface area contributed by atoms with E-state index in [1.807, 2.05) is 6.07 Å². The Hall–Kier alpha value is -1.84. The lowest BCUT2D eigenvalue weighted by atomic mass is 9.88. The number of carbonyl (C=O) groups is 2. The zero-order valence-electron chi connectivity index (χ0n) is 16.6. The van der Waals surface area contributed by atoms with E-state index < -0.39 is 11.9 Å². The van der Waals surface area contributed by atoms with Crippen LogP contribution in [-0.2, 0) is 11.2 Å². The quantitative estimate of drug-likeness (QED) is 0.351. The lowest BCUT2D eigenvalue weighted by Gasteiger charge is -2.17. The molecule has 4 nitrogen and oxygen atoms in total. The van der Waals surface area contributed by atoms with Gasteiger partial charge in [0.2, 0.25) is 0 Å². The van der Waals surface area contributed by atoms with Crippen molar-refractivity contribution in [3.63, 3.8) is 0 Å². The summed E-state index contributed by atoms with van der Waals surface area (Å²) >= 11 is 0. The first-order chi connectivity index (χ1) is 12.5. The second kappa shape index (κ2) is 12.5. The van der Waals surface area contributed by atoms with Crippen molar-refractivity contribution in [1.29, 1.82) is 0 Å². The number of carboxylic acid groups (broad SMARTS) is 1. The summed E-state index contributed by atoms with van der Waals surface area (Å²) in [6.45, 7) is 6.76. The fraction of sp³-hybridized carbons (Fsp3) is 0.636. The number of ether oxygens (including phenoxy) is 1. The molecule has 0 bridgehead atoms. The van der Waals surface area contributed by atoms with E-state index in [0.717, 1.165) is 56.9 Å². The van der Waals surface area contributed by atoms with Crippen LogP contribution in [0.15, 0.2) is 18.2 Å². The van der Waals surface area contributed by atoms with Crippen molar-refractivity contribution < 1.29 is 19.4 Å². The molecular formula is C22H34O4. The van der Waals surface area contributed by atoms with Crippen LogP contribution >= 0.6 is 0 Å². The van der Waals surface area contributed by atoms with Crippen LogP contribution in [0, 0.1) is 5.92 Å². The standard InChI is InChI=1S/C22H34O4/c1-4-7-9-10-15-26-22(25)19-14-11-13-18(20(19)21(23)24)16-17(6-3)12-8-5-2/h11,13-14,17H,4-10,12,15-16H2,1-3H3,(H,23,24). The molecular weight excluding hydrogens is 328 g/mol. The summed E-state index contributed by atoms with van der Waals surface area (Å²) in [7, 11) is 0. The first-order valence-electron chi connectivity index (χ1n) is 10.1. The Labute approximate surface area is 158 Å². The number of unbranched alkanes of at least 4 members (excludes halogenated alkanes) is 4. The number of carbonyl (C=O) groups excluding carboxylic acids is 1. The van der Waals surface area contributed by atoms with Crippen molar-refractivity contribution in [2.24, 2.45) is 5.92 Å². The van der Waals surface area contributed by atoms with Gasteiger partial charge in [-0.25, -0.2) is 9.59 Å². The van der Waals surface area contributed by atoms with Crippen LogP contribution < -0.4 is 0 Å². The topological polar surface area (TPSA) is 63.6 Å². The predicted octanol–water partition coefficient (Wildman–Crippen LogP) is 5.88. The Morgan fingerprint density at radius 1 is 1.04 bits per heavy atom. The molecule has 1 aromatic rings. The molecule has 26 heavy (non-hydrogen) atoms. The van der Waals surface area contributed by atoms with Crippen molar-refractivity contribution in [2.75, 3.05) is 6.61 Å². The summed E-state index contributed by atoms with van der Waals surface area (Å²) in [6.07, 6.45) is 9.12. The largest absolute Gasteiger partial charge is 0.478 e. The minimum absolute atomic E-state index is 0.112. The summed E-state index contributed by atoms with van der Waals surface area (Å²) in [4.78, 5) is 24.2. The maximum atomic E-state index is 12.4. The van der Waals surface area contributed by atoms with Crippen LogP contribution in [0.25, 0.3) is 0 Å². The highest BCUT2D eigenvalue weighted by molar-refractivity contribution is 6.03. The van der Waals surface area contributed by atoms with Crippen LogP contribution in [0.1, 0.15) is 98.4 Å². The smallest absolute Gasteiger partial charge is 0.339 e. The monoisotopic (exact) mass is 362 g/mol. The van der Waals surface area contributed by atoms with E-state index in [0.29, 0.717) is 18.9 Å². The van der Waals surface area contributed by atoms with E-state index in [-0.39, 0.29) is 11.1 Å². The van der Waals surface area contributed by atoms with Crippen molar-refractivity contribution in [1.82, 2.24) is 0 Å². The Bertz CT molecular complexity index is 565. The van der Waals surface area contributed by atoms with Gasteiger partial charge in [0, 0.05) is 0 Å². The molecule has 0 fully saturated rings. The Kier molecular flexibility index (Phi) is 10.7. The average molecular weight is 363 g/mol. The highest BCUT2D eigenvalue weighted by Gasteiger charge is 2.22. The van der Waals surface area contributed by atoms with Gasteiger partial charge < -0.3 is 9.84 Å². The number of rotatable bonds is 13. The molecule has 1 rings (SSSR count). The number of hydrogen-bond acceptors (Lipinski definition) is 3. The molecule has 1 unspecified atom stereocenters. The summed E-state index contributed by atoms with van der Waals surface area (Å²) in [5.74, 6) is -1.14. The van der Waals surface area contributed by atoms with Gasteiger partial charge in [0.05, 0.1) is 17.7 Å². The fourth-order valence-electron chi connectivity index (χ4n) is 3.22. The van der Waals surface area contributed by atoms with Gasteiger partial charge in [0.15, 0.2) is 0 Å². The fourth-order valence-corrected chi connectivity index (χ4v) is 3.22. The molecule has 0 saturated carbocycles. The molecule has 0 heterocycles. The van der Waals surface area contributed by atoms with E-state index >= 15 is 0 Å². The molecule has 0 aliphatic carbocycles. The zero-order valence-corrected chi connectivity index (χ0v) is 16.6. The van der Waals surface area contributed by atoms with E-state index in [9.17, 15) is 14.7 Å². The van der Waals surface area contributed by atoms with Gasteiger partial charge in [-0.1, -0.05) is 77.8 Å². The lowest BCUT2D eigenvalue weighted by Crippen LogP contribution is -2.16. The summed E-state index contributed by atoms with van der Waals surface area (Å²) < 4.78 is 5.31. The molecule has 1 aromatic carbocycles. The van der Waals surface area contributed by atoms with Gasteiger partial charge in [-0.15, -0.1) is 0 Å². The Balaban J connectivity index is 2.89. The summed E-state index contributed by atoms with van der Waals surface area (Å²) in [6, 6.07) is 5.16. The third-order valence-corrected chi connectivity index (χ3v) is 4.87. The van der Waals surface area contributed by atoms with Crippen molar-refractivity contribution in [3.05, 3.63) is 34.9 Å². The van der Waals surface area contributed by atoms with E-state index in [4.69, 9.17) is 4.74 Å². The maximum absolute atomic E-state index is 12.4. The normalized spacial score (nSPS) is 12.0. The van der Waals surface area contributed by atoms with Crippen LogP contribution in [0.4, 0.5) is 0 Å². The van der Waals surface area contributed by atoms with Crippen LogP contribution in [0.2, 0.25) is 0 Å². The van der Waals surface area contributed by atoms with Crippen molar-refractivity contribution >= 4 is 11.9 Å². The Morgan fingerprint density at radius 2 is 1.77 bits per heavy atom. The molecule has 146 valence electrons. The van der Waals surface area contributed by atoms with Crippen LogP contribution in [0.3, 0.4) is 0 Å². The van der Waals surface area contributed by atoms with Crippen molar-refractivity contribution in [3.8, 4) is 0 Å². The molecule has 0 saturated heterocycles. The molecule has 0 spiro atoms. The molecule has 1 atom stereocenters. The first-order valence-corrected chi connectivity index (χ1v) is 10.1. The average Bonchev–Trinajstić information content (AvgIpc) is 2.64. The van der Waals surface area contributed by atoms with E-state index in [1.54, 1.807) is 12.1 Å². The first kappa shape index (κ1) is 22.2. The van der Waals surface area contributed by atoms with Gasteiger partial charge in [0.1, 0.15) is 0 Å². The number of hydrogen-bond donors (Lipinski definition) is 1. The Morgan fingerprint density at radius 3 is 2.38 bits per heavy atom. The van der Waals surface area contributed by atoms with Gasteiger partial charge in [-0.2, -0.15) is 0 Å². The maximum Gasteiger partial charge on any atom is 0.339 e. The lowest BCUT2D eigenvalue weighted by molar-refractivity contribution is 0.0487. The minimum atomic E-state index is -1.05. The molecule has 0 aromatic heterocycles. The highest BCUT2D eigenvalue weighted by Crippen LogP contribution is 2.24. The molecule has 0 aliphatic rings. The number of aromatic carboxylic acids is 1. The van der Waals surface area contributed by atoms with Gasteiger partial charge in [0.25, 0.3) is 0 Å². The third-order valence-electron chi connectivity index (χ3n) is 4.87. The van der Waals surface area contributed by atoms with Gasteiger partial charge in [-0.05, 0) is 30.4 Å². The van der Waals surface area contributed by atoms with Crippen LogP contribution in [0.5, 0.6) is 0 Å². The zero-order chi connectivity index (χ0) is 19.4. The molecule has 0 radical (unpaired) electrons.